The molecule has 3 N–H and O–H groups in total. The van der Waals surface area contributed by atoms with Crippen molar-refractivity contribution in [3.63, 3.8) is 0 Å². The second kappa shape index (κ2) is 7.81. The van der Waals surface area contributed by atoms with Crippen LogP contribution in [0.25, 0.3) is 22.5 Å². The quantitative estimate of drug-likeness (QED) is 0.711. The van der Waals surface area contributed by atoms with Gasteiger partial charge in [-0.3, -0.25) is 0 Å². The third-order valence-electron chi connectivity index (χ3n) is 4.02. The number of anilines is 1. The van der Waals surface area contributed by atoms with Gasteiger partial charge in [-0.25, -0.2) is 9.97 Å². The largest absolute Gasteiger partial charge is 0.395 e. The van der Waals surface area contributed by atoms with Crippen LogP contribution in [0.2, 0.25) is 0 Å². The summed E-state index contributed by atoms with van der Waals surface area (Å²) in [6.07, 6.45) is 0.376. The number of aryl methyl sites for hydroxylation is 2. The Morgan fingerprint density at radius 3 is 1.85 bits per heavy atom. The molecule has 1 aromatic heterocycles. The standard InChI is InChI=1S/C22H21N3O/c1-15-6-10-17(11-7-15)20-21(18-12-8-16(2)9-13-18)25-22(23)19(24-20)5-3-4-14-26/h6-13,26H,4,14H2,1-2H3,(H2,23,25). The zero-order valence-electron chi connectivity index (χ0n) is 15.0. The number of rotatable bonds is 3. The fourth-order valence-electron chi connectivity index (χ4n) is 2.57. The summed E-state index contributed by atoms with van der Waals surface area (Å²) in [7, 11) is 0. The molecule has 0 saturated carbocycles. The Bertz CT molecular complexity index is 965. The SMILES string of the molecule is Cc1ccc(-c2nc(N)c(C#CCCO)nc2-c2ccc(C)cc2)cc1. The molecule has 26 heavy (non-hydrogen) atoms. The molecule has 0 saturated heterocycles. The van der Waals surface area contributed by atoms with E-state index >= 15 is 0 Å². The first-order chi connectivity index (χ1) is 12.6. The minimum Gasteiger partial charge on any atom is -0.395 e. The number of hydrogen-bond donors (Lipinski definition) is 2. The summed E-state index contributed by atoms with van der Waals surface area (Å²) in [6.45, 7) is 4.10. The molecule has 4 nitrogen and oxygen atoms in total. The Hall–Kier alpha value is -3.16. The molecule has 0 spiro atoms. The Kier molecular flexibility index (Phi) is 5.31. The van der Waals surface area contributed by atoms with E-state index in [1.165, 1.54) is 11.1 Å². The van der Waals surface area contributed by atoms with Gasteiger partial charge in [-0.2, -0.15) is 0 Å². The fraction of sp³-hybridized carbons (Fsp3) is 0.182. The predicted octanol–water partition coefficient (Wildman–Crippen LogP) is 3.74. The van der Waals surface area contributed by atoms with Gasteiger partial charge in [0.05, 0.1) is 18.0 Å². The summed E-state index contributed by atoms with van der Waals surface area (Å²) >= 11 is 0. The van der Waals surface area contributed by atoms with E-state index in [0.29, 0.717) is 17.9 Å². The van der Waals surface area contributed by atoms with Gasteiger partial charge in [0, 0.05) is 17.5 Å². The molecule has 0 aliphatic carbocycles. The average molecular weight is 343 g/mol. The van der Waals surface area contributed by atoms with Crippen LogP contribution in [0.3, 0.4) is 0 Å². The normalized spacial score (nSPS) is 10.3. The molecule has 0 fully saturated rings. The van der Waals surface area contributed by atoms with Gasteiger partial charge in [-0.1, -0.05) is 65.6 Å². The Morgan fingerprint density at radius 2 is 1.35 bits per heavy atom. The van der Waals surface area contributed by atoms with Crippen LogP contribution >= 0.6 is 0 Å². The van der Waals surface area contributed by atoms with Crippen molar-refractivity contribution in [2.24, 2.45) is 0 Å². The van der Waals surface area contributed by atoms with Crippen LogP contribution in [-0.2, 0) is 0 Å². The van der Waals surface area contributed by atoms with Crippen molar-refractivity contribution in [1.82, 2.24) is 9.97 Å². The molecular formula is C22H21N3O. The van der Waals surface area contributed by atoms with Crippen molar-refractivity contribution in [2.45, 2.75) is 20.3 Å². The molecule has 3 rings (SSSR count). The summed E-state index contributed by atoms with van der Waals surface area (Å²) in [5.74, 6) is 6.07. The lowest BCUT2D eigenvalue weighted by atomic mass is 10.0. The zero-order valence-corrected chi connectivity index (χ0v) is 15.0. The van der Waals surface area contributed by atoms with Crippen molar-refractivity contribution >= 4 is 5.82 Å². The van der Waals surface area contributed by atoms with Crippen molar-refractivity contribution < 1.29 is 5.11 Å². The van der Waals surface area contributed by atoms with Gasteiger partial charge in [0.25, 0.3) is 0 Å². The van der Waals surface area contributed by atoms with E-state index in [1.54, 1.807) is 0 Å². The number of nitrogen functional groups attached to an aromatic ring is 1. The molecule has 4 heteroatoms. The number of hydrogen-bond acceptors (Lipinski definition) is 4. The number of aliphatic hydroxyl groups excluding tert-OH is 1. The highest BCUT2D eigenvalue weighted by Gasteiger charge is 2.14. The molecule has 130 valence electrons. The molecule has 0 unspecified atom stereocenters. The number of nitrogens with two attached hydrogens (primary N) is 1. The van der Waals surface area contributed by atoms with E-state index in [0.717, 1.165) is 22.5 Å². The van der Waals surface area contributed by atoms with Gasteiger partial charge < -0.3 is 10.8 Å². The van der Waals surface area contributed by atoms with Gasteiger partial charge >= 0.3 is 0 Å². The van der Waals surface area contributed by atoms with E-state index in [9.17, 15) is 0 Å². The summed E-state index contributed by atoms with van der Waals surface area (Å²) in [5.41, 5.74) is 12.3. The lowest BCUT2D eigenvalue weighted by Gasteiger charge is -2.11. The lowest BCUT2D eigenvalue weighted by molar-refractivity contribution is 0.305. The van der Waals surface area contributed by atoms with Crippen LogP contribution in [0, 0.1) is 25.7 Å². The van der Waals surface area contributed by atoms with Gasteiger partial charge in [-0.15, -0.1) is 0 Å². The Morgan fingerprint density at radius 1 is 0.846 bits per heavy atom. The zero-order chi connectivity index (χ0) is 18.5. The van der Waals surface area contributed by atoms with E-state index in [4.69, 9.17) is 15.8 Å². The van der Waals surface area contributed by atoms with Crippen LogP contribution in [0.15, 0.2) is 48.5 Å². The minimum atomic E-state index is 0.00655. The summed E-state index contributed by atoms with van der Waals surface area (Å²) < 4.78 is 0. The minimum absolute atomic E-state index is 0.00655. The highest BCUT2D eigenvalue weighted by Crippen LogP contribution is 2.31. The maximum Gasteiger partial charge on any atom is 0.158 e. The summed E-state index contributed by atoms with van der Waals surface area (Å²) in [4.78, 5) is 9.30. The molecule has 0 aliphatic rings. The Labute approximate surface area is 153 Å². The van der Waals surface area contributed by atoms with Crippen LogP contribution in [0.4, 0.5) is 5.82 Å². The monoisotopic (exact) mass is 343 g/mol. The number of aliphatic hydroxyl groups is 1. The van der Waals surface area contributed by atoms with Crippen LogP contribution in [0.1, 0.15) is 23.2 Å². The maximum absolute atomic E-state index is 8.92. The molecule has 0 atom stereocenters. The third kappa shape index (κ3) is 3.90. The van der Waals surface area contributed by atoms with E-state index in [2.05, 4.69) is 16.8 Å². The predicted molar refractivity (Wildman–Crippen MR) is 105 cm³/mol. The number of nitrogens with zero attached hydrogens (tertiary/aromatic N) is 2. The van der Waals surface area contributed by atoms with E-state index < -0.39 is 0 Å². The molecule has 0 amide bonds. The molecular weight excluding hydrogens is 322 g/mol. The molecule has 2 aromatic carbocycles. The van der Waals surface area contributed by atoms with E-state index in [-0.39, 0.29) is 6.61 Å². The highest BCUT2D eigenvalue weighted by molar-refractivity contribution is 5.80. The first kappa shape index (κ1) is 17.7. The fourth-order valence-corrected chi connectivity index (χ4v) is 2.57. The molecule has 3 aromatic rings. The first-order valence-corrected chi connectivity index (χ1v) is 8.50. The van der Waals surface area contributed by atoms with Crippen LogP contribution < -0.4 is 5.73 Å². The second-order valence-corrected chi connectivity index (χ2v) is 6.16. The van der Waals surface area contributed by atoms with Crippen LogP contribution in [0.5, 0.6) is 0 Å². The molecule has 0 bridgehead atoms. The van der Waals surface area contributed by atoms with Crippen LogP contribution in [-0.4, -0.2) is 21.7 Å². The van der Waals surface area contributed by atoms with Gasteiger partial charge in [0.1, 0.15) is 0 Å². The summed E-state index contributed by atoms with van der Waals surface area (Å²) in [6, 6.07) is 16.3. The first-order valence-electron chi connectivity index (χ1n) is 8.50. The van der Waals surface area contributed by atoms with Crippen molar-refractivity contribution in [3.8, 4) is 34.4 Å². The highest BCUT2D eigenvalue weighted by atomic mass is 16.2. The van der Waals surface area contributed by atoms with Crippen molar-refractivity contribution in [2.75, 3.05) is 12.3 Å². The van der Waals surface area contributed by atoms with E-state index in [1.807, 2.05) is 62.4 Å². The molecule has 1 heterocycles. The maximum atomic E-state index is 8.92. The number of aromatic nitrogens is 2. The van der Waals surface area contributed by atoms with Crippen molar-refractivity contribution in [3.05, 3.63) is 65.4 Å². The summed E-state index contributed by atoms with van der Waals surface area (Å²) in [5, 5.41) is 8.92. The molecule has 0 aliphatic heterocycles. The topological polar surface area (TPSA) is 72.0 Å². The Balaban J connectivity index is 2.19. The average Bonchev–Trinajstić information content (AvgIpc) is 2.64. The second-order valence-electron chi connectivity index (χ2n) is 6.16. The lowest BCUT2D eigenvalue weighted by Crippen LogP contribution is -2.03. The third-order valence-corrected chi connectivity index (χ3v) is 4.02. The van der Waals surface area contributed by atoms with Gasteiger partial charge in [0.2, 0.25) is 0 Å². The molecule has 0 radical (unpaired) electrons. The van der Waals surface area contributed by atoms with Gasteiger partial charge in [-0.05, 0) is 19.8 Å². The van der Waals surface area contributed by atoms with Gasteiger partial charge in [0.15, 0.2) is 11.5 Å². The smallest absolute Gasteiger partial charge is 0.158 e. The number of benzene rings is 2. The van der Waals surface area contributed by atoms with Crippen molar-refractivity contribution in [1.29, 1.82) is 0 Å².